The number of aromatic nitrogens is 4. The summed E-state index contributed by atoms with van der Waals surface area (Å²) in [5.74, 6) is 6.81. The van der Waals surface area contributed by atoms with E-state index in [2.05, 4.69) is 26.8 Å². The maximum Gasteiger partial charge on any atom is 0.410 e. The summed E-state index contributed by atoms with van der Waals surface area (Å²) in [6.07, 6.45) is 1.60. The Labute approximate surface area is 391 Å². The van der Waals surface area contributed by atoms with Crippen molar-refractivity contribution in [1.82, 2.24) is 29.3 Å². The van der Waals surface area contributed by atoms with Crippen molar-refractivity contribution in [2.45, 2.75) is 38.8 Å². The van der Waals surface area contributed by atoms with Crippen LogP contribution in [0.3, 0.4) is 0 Å². The Kier molecular flexibility index (Phi) is 13.3. The molecule has 0 spiro atoms. The number of aryl methyl sites for hydroxylation is 1. The van der Waals surface area contributed by atoms with Crippen molar-refractivity contribution in [3.63, 3.8) is 0 Å². The van der Waals surface area contributed by atoms with Gasteiger partial charge in [0.2, 0.25) is 18.5 Å². The Hall–Kier alpha value is -7.33. The SMILES string of the molecule is COc1cc([C@@H]2c3cc4c(cc3[C@H](OC(=O)N(C)CCN(C)C(=O)OCCC#Cc3cn(Cc5ncc(C)c(OC)c5C)c5nc(N)nc(Cl)c35)[C@@H]3COC(=O)[C@H]23)OCO4)cc(OC)c1OC. The molecule has 2 aliphatic heterocycles. The highest BCUT2D eigenvalue weighted by Crippen LogP contribution is 2.56. The molecule has 1 saturated heterocycles. The lowest BCUT2D eigenvalue weighted by atomic mass is 9.66. The Morgan fingerprint density at radius 3 is 2.25 bits per heavy atom. The summed E-state index contributed by atoms with van der Waals surface area (Å²) in [6, 6.07) is 7.20. The number of carbonyl (C=O) groups excluding carboxylic acids is 3. The van der Waals surface area contributed by atoms with E-state index in [-0.39, 0.29) is 50.6 Å². The van der Waals surface area contributed by atoms with Gasteiger partial charge in [0.1, 0.15) is 29.3 Å². The Morgan fingerprint density at radius 1 is 0.910 bits per heavy atom. The number of halogens is 1. The molecule has 0 bridgehead atoms. The zero-order valence-corrected chi connectivity index (χ0v) is 39.0. The molecule has 3 aliphatic rings. The van der Waals surface area contributed by atoms with Crippen molar-refractivity contribution in [1.29, 1.82) is 0 Å². The number of pyridine rings is 1. The highest BCUT2D eigenvalue weighted by atomic mass is 35.5. The van der Waals surface area contributed by atoms with E-state index in [4.69, 9.17) is 60.0 Å². The summed E-state index contributed by atoms with van der Waals surface area (Å²) in [5.41, 5.74) is 11.6. The number of fused-ring (bicyclic) bond motifs is 4. The van der Waals surface area contributed by atoms with Gasteiger partial charge in [-0.05, 0) is 49.2 Å². The molecule has 0 radical (unpaired) electrons. The first-order chi connectivity index (χ1) is 32.3. The minimum Gasteiger partial charge on any atom is -0.496 e. The van der Waals surface area contributed by atoms with Crippen LogP contribution >= 0.6 is 11.6 Å². The number of hydrogen-bond donors (Lipinski definition) is 1. The van der Waals surface area contributed by atoms with E-state index >= 15 is 0 Å². The van der Waals surface area contributed by atoms with E-state index in [0.717, 1.165) is 22.6 Å². The molecule has 2 aromatic carbocycles. The quantitative estimate of drug-likeness (QED) is 0.0469. The van der Waals surface area contributed by atoms with Gasteiger partial charge in [-0.3, -0.25) is 9.78 Å². The third-order valence-electron chi connectivity index (χ3n) is 12.2. The number of benzene rings is 2. The van der Waals surface area contributed by atoms with Crippen LogP contribution in [0.4, 0.5) is 15.5 Å². The number of ether oxygens (including phenoxy) is 9. The van der Waals surface area contributed by atoms with Crippen molar-refractivity contribution in [2.24, 2.45) is 11.8 Å². The molecular formula is C47H50ClN7O12. The highest BCUT2D eigenvalue weighted by molar-refractivity contribution is 6.34. The van der Waals surface area contributed by atoms with Crippen molar-refractivity contribution in [3.8, 4) is 46.3 Å². The molecule has 5 heterocycles. The number of anilines is 1. The van der Waals surface area contributed by atoms with Crippen LogP contribution in [-0.4, -0.2) is 123 Å². The number of esters is 1. The summed E-state index contributed by atoms with van der Waals surface area (Å²) in [6.45, 7) is 4.46. The van der Waals surface area contributed by atoms with Crippen LogP contribution < -0.4 is 34.2 Å². The lowest BCUT2D eigenvalue weighted by Gasteiger charge is -2.39. The fourth-order valence-corrected chi connectivity index (χ4v) is 9.12. The third-order valence-corrected chi connectivity index (χ3v) is 12.5. The number of nitrogen functional groups attached to an aromatic ring is 1. The minimum absolute atomic E-state index is 0.00384. The lowest BCUT2D eigenvalue weighted by molar-refractivity contribution is -0.141. The molecule has 3 aromatic heterocycles. The molecule has 5 aromatic rings. The van der Waals surface area contributed by atoms with Crippen molar-refractivity contribution in [3.05, 3.63) is 80.9 Å². The van der Waals surface area contributed by atoms with Crippen LogP contribution in [0.25, 0.3) is 11.0 Å². The van der Waals surface area contributed by atoms with Gasteiger partial charge in [0.25, 0.3) is 0 Å². The second-order valence-electron chi connectivity index (χ2n) is 16.2. The number of rotatable bonds is 13. The van der Waals surface area contributed by atoms with Crippen LogP contribution in [0.1, 0.15) is 57.5 Å². The fraction of sp³-hybridized carbons (Fsp3) is 0.404. The summed E-state index contributed by atoms with van der Waals surface area (Å²) in [7, 11) is 9.29. The van der Waals surface area contributed by atoms with Crippen LogP contribution in [0.15, 0.2) is 36.7 Å². The number of nitrogens with two attached hydrogens (primary N) is 1. The standard InChI is InChI=1S/C47H50ClN7O12/c1-24-19-50-31(25(2)39(24)61-7)21-55-20-26(37-42(48)51-45(49)52-43(37)55)11-9-10-14-63-46(57)53(3)12-13-54(4)47(58)67-40-29-18-33-32(65-23-66-33)17-28(29)36(38-30(40)22-64-44(38)56)27-15-34(59-5)41(62-8)35(16-27)60-6/h15-20,30,36,38,40H,10,12-14,21-23H2,1-8H3,(H2,49,51,52)/t30-,36-,38+,40+/m1/s1. The molecule has 0 unspecified atom stereocenters. The van der Waals surface area contributed by atoms with Crippen molar-refractivity contribution >= 4 is 46.7 Å². The Balaban J connectivity index is 0.911. The maximum atomic E-state index is 13.8. The molecule has 8 rings (SSSR count). The van der Waals surface area contributed by atoms with Crippen LogP contribution in [-0.2, 0) is 25.5 Å². The normalized spacial score (nSPS) is 17.7. The number of carbonyl (C=O) groups is 3. The van der Waals surface area contributed by atoms with Crippen molar-refractivity contribution in [2.75, 3.05) is 81.4 Å². The first kappa shape index (κ1) is 46.2. The van der Waals surface area contributed by atoms with Gasteiger partial charge < -0.3 is 62.7 Å². The summed E-state index contributed by atoms with van der Waals surface area (Å²) >= 11 is 6.55. The van der Waals surface area contributed by atoms with Gasteiger partial charge in [0.05, 0.1) is 64.2 Å². The molecule has 20 heteroatoms. The predicted molar refractivity (Wildman–Crippen MR) is 242 cm³/mol. The molecule has 4 atom stereocenters. The van der Waals surface area contributed by atoms with E-state index in [1.807, 2.05) is 30.7 Å². The minimum atomic E-state index is -0.894. The van der Waals surface area contributed by atoms with Gasteiger partial charge in [-0.25, -0.2) is 14.6 Å². The number of likely N-dealkylation sites (N-methyl/N-ethyl adjacent to an activating group) is 2. The van der Waals surface area contributed by atoms with Gasteiger partial charge >= 0.3 is 18.2 Å². The number of nitrogens with zero attached hydrogens (tertiary/aromatic N) is 6. The summed E-state index contributed by atoms with van der Waals surface area (Å²) in [5, 5.41) is 0.687. The lowest BCUT2D eigenvalue weighted by Crippen LogP contribution is -2.41. The van der Waals surface area contributed by atoms with E-state index < -0.39 is 42.0 Å². The van der Waals surface area contributed by atoms with Gasteiger partial charge in [0, 0.05) is 74.5 Å². The van der Waals surface area contributed by atoms with Crippen molar-refractivity contribution < 1.29 is 57.0 Å². The van der Waals surface area contributed by atoms with Crippen LogP contribution in [0.5, 0.6) is 34.5 Å². The molecule has 67 heavy (non-hydrogen) atoms. The first-order valence-electron chi connectivity index (χ1n) is 21.3. The first-order valence-corrected chi connectivity index (χ1v) is 21.6. The average molecular weight is 940 g/mol. The molecule has 19 nitrogen and oxygen atoms in total. The maximum absolute atomic E-state index is 13.8. The zero-order chi connectivity index (χ0) is 47.7. The zero-order valence-electron chi connectivity index (χ0n) is 38.3. The van der Waals surface area contributed by atoms with Crippen LogP contribution in [0, 0.1) is 37.5 Å². The highest BCUT2D eigenvalue weighted by Gasteiger charge is 2.54. The van der Waals surface area contributed by atoms with Gasteiger partial charge in [-0.15, -0.1) is 0 Å². The van der Waals surface area contributed by atoms with E-state index in [0.29, 0.717) is 68.6 Å². The summed E-state index contributed by atoms with van der Waals surface area (Å²) in [4.78, 5) is 56.3. The topological polar surface area (TPSA) is 210 Å². The molecule has 352 valence electrons. The predicted octanol–water partition coefficient (Wildman–Crippen LogP) is 6.04. The smallest absolute Gasteiger partial charge is 0.410 e. The largest absolute Gasteiger partial charge is 0.496 e. The van der Waals surface area contributed by atoms with Crippen LogP contribution in [0.2, 0.25) is 5.15 Å². The monoisotopic (exact) mass is 939 g/mol. The third kappa shape index (κ3) is 8.88. The second kappa shape index (κ2) is 19.3. The van der Waals surface area contributed by atoms with E-state index in [1.165, 1.54) is 31.1 Å². The molecule has 1 aliphatic carbocycles. The molecular weight excluding hydrogens is 890 g/mol. The number of amides is 2. The molecule has 1 fully saturated rings. The van der Waals surface area contributed by atoms with Gasteiger partial charge in [0.15, 0.2) is 23.0 Å². The number of hydrogen-bond acceptors (Lipinski definition) is 16. The molecule has 2 amide bonds. The summed E-state index contributed by atoms with van der Waals surface area (Å²) < 4.78 is 53.2. The number of methoxy groups -OCH3 is 4. The van der Waals surface area contributed by atoms with Gasteiger partial charge in [-0.1, -0.05) is 23.4 Å². The molecule has 0 saturated carbocycles. The Bertz CT molecular complexity index is 2800. The average Bonchev–Trinajstić information content (AvgIpc) is 4.04. The van der Waals surface area contributed by atoms with E-state index in [1.54, 1.807) is 45.6 Å². The number of cyclic esters (lactones) is 1. The Morgan fingerprint density at radius 2 is 1.58 bits per heavy atom. The second-order valence-corrected chi connectivity index (χ2v) is 16.6. The van der Waals surface area contributed by atoms with Gasteiger partial charge in [-0.2, -0.15) is 4.98 Å². The fourth-order valence-electron chi connectivity index (χ4n) is 8.85. The van der Waals surface area contributed by atoms with E-state index in [9.17, 15) is 14.4 Å². The molecule has 2 N–H and O–H groups in total.